The zero-order valence-corrected chi connectivity index (χ0v) is 15.9. The molecule has 0 bridgehead atoms. The predicted molar refractivity (Wildman–Crippen MR) is 95.9 cm³/mol. The van der Waals surface area contributed by atoms with E-state index in [2.05, 4.69) is 10.2 Å². The van der Waals surface area contributed by atoms with E-state index in [0.29, 0.717) is 41.1 Å². The summed E-state index contributed by atoms with van der Waals surface area (Å²) in [5.74, 6) is 0.976. The first kappa shape index (κ1) is 18.4. The molecular weight excluding hydrogens is 342 g/mol. The fourth-order valence-corrected chi connectivity index (χ4v) is 5.37. The molecule has 0 aliphatic carbocycles. The van der Waals surface area contributed by atoms with Crippen molar-refractivity contribution in [1.29, 1.82) is 0 Å². The summed E-state index contributed by atoms with van der Waals surface area (Å²) >= 11 is 0. The van der Waals surface area contributed by atoms with E-state index in [9.17, 15) is 8.42 Å². The smallest absolute Gasteiger partial charge is 0.243 e. The van der Waals surface area contributed by atoms with Gasteiger partial charge in [0.05, 0.1) is 19.1 Å². The molecule has 1 aromatic carbocycles. The number of sulfonamides is 1. The summed E-state index contributed by atoms with van der Waals surface area (Å²) in [6, 6.07) is 3.59. The molecule has 1 unspecified atom stereocenters. The van der Waals surface area contributed by atoms with E-state index in [1.807, 2.05) is 0 Å². The zero-order chi connectivity index (χ0) is 18.0. The van der Waals surface area contributed by atoms with Crippen LogP contribution in [-0.2, 0) is 10.0 Å². The lowest BCUT2D eigenvalue weighted by Gasteiger charge is -2.32. The molecule has 140 valence electrons. The molecule has 2 aliphatic rings. The van der Waals surface area contributed by atoms with Gasteiger partial charge >= 0.3 is 0 Å². The van der Waals surface area contributed by atoms with Crippen molar-refractivity contribution < 1.29 is 17.9 Å². The van der Waals surface area contributed by atoms with Gasteiger partial charge in [0.15, 0.2) is 11.5 Å². The maximum atomic E-state index is 13.2. The van der Waals surface area contributed by atoms with E-state index in [1.54, 1.807) is 30.5 Å². The first-order chi connectivity index (χ1) is 12.0. The largest absolute Gasteiger partial charge is 0.493 e. The molecule has 25 heavy (non-hydrogen) atoms. The molecule has 0 aromatic heterocycles. The Kier molecular flexibility index (Phi) is 5.52. The van der Waals surface area contributed by atoms with Crippen LogP contribution in [0.4, 0.5) is 0 Å². The minimum Gasteiger partial charge on any atom is -0.493 e. The lowest BCUT2D eigenvalue weighted by atomic mass is 10.2. The molecule has 0 spiro atoms. The Bertz CT molecular complexity index is 717. The fourth-order valence-electron chi connectivity index (χ4n) is 3.65. The molecule has 0 saturated carbocycles. The van der Waals surface area contributed by atoms with Crippen molar-refractivity contribution in [2.24, 2.45) is 0 Å². The van der Waals surface area contributed by atoms with Gasteiger partial charge in [0.25, 0.3) is 0 Å². The fraction of sp³-hybridized carbons (Fsp3) is 0.647. The van der Waals surface area contributed by atoms with E-state index in [1.165, 1.54) is 7.11 Å². The van der Waals surface area contributed by atoms with E-state index < -0.39 is 10.0 Å². The summed E-state index contributed by atoms with van der Waals surface area (Å²) in [5, 5.41) is 3.34. The van der Waals surface area contributed by atoms with Gasteiger partial charge in [0, 0.05) is 51.4 Å². The van der Waals surface area contributed by atoms with Gasteiger partial charge in [0.2, 0.25) is 10.0 Å². The van der Waals surface area contributed by atoms with Crippen LogP contribution in [0.15, 0.2) is 17.0 Å². The highest BCUT2D eigenvalue weighted by atomic mass is 32.2. The summed E-state index contributed by atoms with van der Waals surface area (Å²) in [5.41, 5.74) is 0.670. The number of nitrogens with one attached hydrogen (secondary N) is 1. The highest BCUT2D eigenvalue weighted by Gasteiger charge is 2.36. The second kappa shape index (κ2) is 7.49. The number of benzene rings is 1. The van der Waals surface area contributed by atoms with Crippen LogP contribution < -0.4 is 14.8 Å². The molecular formula is C17H27N3O4S. The van der Waals surface area contributed by atoms with Crippen LogP contribution in [0.2, 0.25) is 0 Å². The molecule has 8 heteroatoms. The maximum absolute atomic E-state index is 13.2. The number of hydrogen-bond donors (Lipinski definition) is 1. The Morgan fingerprint density at radius 3 is 2.36 bits per heavy atom. The third kappa shape index (κ3) is 3.62. The Morgan fingerprint density at radius 1 is 1.08 bits per heavy atom. The van der Waals surface area contributed by atoms with E-state index >= 15 is 0 Å². The average Bonchev–Trinajstić information content (AvgIpc) is 3.13. The summed E-state index contributed by atoms with van der Waals surface area (Å²) in [4.78, 5) is 2.69. The molecule has 2 heterocycles. The van der Waals surface area contributed by atoms with Gasteiger partial charge in [-0.3, -0.25) is 4.90 Å². The Morgan fingerprint density at radius 2 is 1.72 bits per heavy atom. The molecule has 1 aromatic rings. The van der Waals surface area contributed by atoms with Gasteiger partial charge in [0.1, 0.15) is 0 Å². The number of rotatable bonds is 5. The minimum atomic E-state index is -3.54. The van der Waals surface area contributed by atoms with Gasteiger partial charge in [-0.1, -0.05) is 0 Å². The summed E-state index contributed by atoms with van der Waals surface area (Å²) < 4.78 is 38.4. The normalized spacial score (nSPS) is 22.9. The highest BCUT2D eigenvalue weighted by molar-refractivity contribution is 7.89. The molecule has 1 N–H and O–H groups in total. The van der Waals surface area contributed by atoms with Gasteiger partial charge in [-0.15, -0.1) is 0 Å². The molecule has 0 radical (unpaired) electrons. The molecule has 2 fully saturated rings. The second-order valence-electron chi connectivity index (χ2n) is 6.56. The summed E-state index contributed by atoms with van der Waals surface area (Å²) in [7, 11) is -0.484. The summed E-state index contributed by atoms with van der Waals surface area (Å²) in [6.07, 6.45) is 0.881. The second-order valence-corrected chi connectivity index (χ2v) is 8.47. The van der Waals surface area contributed by atoms with Crippen molar-refractivity contribution in [1.82, 2.24) is 14.5 Å². The number of nitrogens with zero attached hydrogens (tertiary/aromatic N) is 2. The Balaban J connectivity index is 1.82. The predicted octanol–water partition coefficient (Wildman–Crippen LogP) is 0.680. The van der Waals surface area contributed by atoms with Crippen LogP contribution in [0.5, 0.6) is 11.5 Å². The van der Waals surface area contributed by atoms with Crippen LogP contribution in [0.3, 0.4) is 0 Å². The first-order valence-electron chi connectivity index (χ1n) is 8.65. The summed E-state index contributed by atoms with van der Waals surface area (Å²) in [6.45, 7) is 6.80. The quantitative estimate of drug-likeness (QED) is 0.823. The zero-order valence-electron chi connectivity index (χ0n) is 15.1. The lowest BCUT2D eigenvalue weighted by Crippen LogP contribution is -2.49. The Hall–Kier alpha value is -1.35. The van der Waals surface area contributed by atoms with Gasteiger partial charge in [-0.2, -0.15) is 4.31 Å². The highest BCUT2D eigenvalue weighted by Crippen LogP contribution is 2.34. The molecule has 2 saturated heterocycles. The molecule has 2 aliphatic heterocycles. The third-order valence-corrected chi connectivity index (χ3v) is 7.10. The minimum absolute atomic E-state index is 0.297. The Labute approximate surface area is 149 Å². The first-order valence-corrected chi connectivity index (χ1v) is 10.1. The van der Waals surface area contributed by atoms with Crippen LogP contribution >= 0.6 is 0 Å². The van der Waals surface area contributed by atoms with Crippen molar-refractivity contribution in [3.8, 4) is 11.5 Å². The molecule has 1 atom stereocenters. The topological polar surface area (TPSA) is 71.1 Å². The van der Waals surface area contributed by atoms with Gasteiger partial charge in [-0.25, -0.2) is 8.42 Å². The number of methoxy groups -OCH3 is 2. The SMILES string of the molecule is COc1cc(C)c(S(=O)(=O)N2CCC(N3CCNCC3)C2)cc1OC. The van der Waals surface area contributed by atoms with Gasteiger partial charge < -0.3 is 14.8 Å². The molecule has 0 amide bonds. The van der Waals surface area contributed by atoms with Crippen LogP contribution in [0.25, 0.3) is 0 Å². The average molecular weight is 369 g/mol. The van der Waals surface area contributed by atoms with E-state index in [-0.39, 0.29) is 0 Å². The maximum Gasteiger partial charge on any atom is 0.243 e. The van der Waals surface area contributed by atoms with Gasteiger partial charge in [-0.05, 0) is 25.0 Å². The molecule has 3 rings (SSSR count). The number of hydrogen-bond acceptors (Lipinski definition) is 6. The number of ether oxygens (including phenoxy) is 2. The van der Waals surface area contributed by atoms with E-state index in [4.69, 9.17) is 9.47 Å². The van der Waals surface area contributed by atoms with Crippen LogP contribution in [-0.4, -0.2) is 77.2 Å². The van der Waals surface area contributed by atoms with Crippen molar-refractivity contribution in [3.05, 3.63) is 17.7 Å². The van der Waals surface area contributed by atoms with Crippen LogP contribution in [0, 0.1) is 6.92 Å². The lowest BCUT2D eigenvalue weighted by molar-refractivity contribution is 0.179. The molecule has 7 nitrogen and oxygen atoms in total. The van der Waals surface area contributed by atoms with Crippen molar-refractivity contribution in [2.45, 2.75) is 24.3 Å². The van der Waals surface area contributed by atoms with Crippen LogP contribution in [0.1, 0.15) is 12.0 Å². The van der Waals surface area contributed by atoms with Crippen molar-refractivity contribution in [3.63, 3.8) is 0 Å². The number of piperazine rings is 1. The standard InChI is InChI=1S/C17H27N3O4S/c1-13-10-15(23-2)16(24-3)11-17(13)25(21,22)20-7-4-14(12-20)19-8-5-18-6-9-19/h10-11,14,18H,4-9,12H2,1-3H3. The third-order valence-electron chi connectivity index (χ3n) is 5.09. The van der Waals surface area contributed by atoms with E-state index in [0.717, 1.165) is 32.6 Å². The monoisotopic (exact) mass is 369 g/mol. The number of aryl methyl sites for hydroxylation is 1. The van der Waals surface area contributed by atoms with Crippen molar-refractivity contribution in [2.75, 3.05) is 53.5 Å². The van der Waals surface area contributed by atoms with Crippen molar-refractivity contribution >= 4 is 10.0 Å².